The zero-order valence-corrected chi connectivity index (χ0v) is 13.4. The second-order valence-electron chi connectivity index (χ2n) is 5.78. The minimum Gasteiger partial charge on any atom is -0.123 e. The second-order valence-corrected chi connectivity index (χ2v) is 7.07. The van der Waals surface area contributed by atoms with Gasteiger partial charge in [-0.3, -0.25) is 0 Å². The van der Waals surface area contributed by atoms with Gasteiger partial charge in [0.15, 0.2) is 0 Å². The normalized spacial score (nSPS) is 24.9. The molecule has 0 aliphatic carbocycles. The van der Waals surface area contributed by atoms with Crippen LogP contribution in [0.5, 0.6) is 0 Å². The fraction of sp³-hybridized carbons (Fsp3) is 0.300. The average molecular weight is 294 g/mol. The molecular weight excluding hydrogens is 272 g/mol. The Kier molecular flexibility index (Phi) is 4.50. The summed E-state index contributed by atoms with van der Waals surface area (Å²) in [7, 11) is 0. The molecule has 0 N–H and O–H groups in total. The van der Waals surface area contributed by atoms with Crippen LogP contribution in [0.25, 0.3) is 0 Å². The van der Waals surface area contributed by atoms with E-state index in [2.05, 4.69) is 79.1 Å². The summed E-state index contributed by atoms with van der Waals surface area (Å²) in [6, 6.07) is 22.0. The maximum absolute atomic E-state index is 2.37. The first-order valence-electron chi connectivity index (χ1n) is 7.79. The SMILES string of the molecule is CCC[C@@]1(c2ccccc2)C[C@H](c2ccccc2)C=CS1. The standard InChI is InChI=1S/C20H22S/c1-2-14-20(19-11-7-4-8-12-19)16-18(13-15-21-20)17-9-5-3-6-10-17/h3-13,15,18H,2,14,16H2,1H3/t18-,20+/m1/s1. The van der Waals surface area contributed by atoms with Crippen molar-refractivity contribution in [2.45, 2.75) is 36.9 Å². The molecule has 0 saturated carbocycles. The minimum absolute atomic E-state index is 0.227. The highest BCUT2D eigenvalue weighted by Crippen LogP contribution is 2.51. The van der Waals surface area contributed by atoms with Crippen molar-refractivity contribution in [3.8, 4) is 0 Å². The van der Waals surface area contributed by atoms with Crippen molar-refractivity contribution in [2.24, 2.45) is 0 Å². The minimum atomic E-state index is 0.227. The molecule has 0 spiro atoms. The van der Waals surface area contributed by atoms with Crippen molar-refractivity contribution >= 4 is 11.8 Å². The Morgan fingerprint density at radius 1 is 1.00 bits per heavy atom. The van der Waals surface area contributed by atoms with E-state index in [1.54, 1.807) is 0 Å². The van der Waals surface area contributed by atoms with E-state index < -0.39 is 0 Å². The van der Waals surface area contributed by atoms with Crippen LogP contribution in [-0.2, 0) is 4.75 Å². The van der Waals surface area contributed by atoms with Gasteiger partial charge in [-0.05, 0) is 29.4 Å². The molecule has 1 aliphatic rings. The Labute approximate surface area is 132 Å². The first-order chi connectivity index (χ1) is 10.3. The van der Waals surface area contributed by atoms with Crippen LogP contribution in [0.1, 0.15) is 43.2 Å². The van der Waals surface area contributed by atoms with Gasteiger partial charge in [0.25, 0.3) is 0 Å². The van der Waals surface area contributed by atoms with Crippen molar-refractivity contribution < 1.29 is 0 Å². The molecule has 0 amide bonds. The third-order valence-corrected chi connectivity index (χ3v) is 5.69. The van der Waals surface area contributed by atoms with Crippen molar-refractivity contribution in [2.75, 3.05) is 0 Å². The van der Waals surface area contributed by atoms with Gasteiger partial charge in [-0.15, -0.1) is 11.8 Å². The third kappa shape index (κ3) is 3.08. The van der Waals surface area contributed by atoms with Crippen LogP contribution in [0.3, 0.4) is 0 Å². The fourth-order valence-corrected chi connectivity index (χ4v) is 4.70. The molecule has 0 saturated heterocycles. The van der Waals surface area contributed by atoms with Crippen molar-refractivity contribution in [3.05, 3.63) is 83.3 Å². The Bertz CT molecular complexity index is 588. The molecule has 0 fully saturated rings. The topological polar surface area (TPSA) is 0 Å². The lowest BCUT2D eigenvalue weighted by molar-refractivity contribution is 0.490. The van der Waals surface area contributed by atoms with Crippen LogP contribution in [0.2, 0.25) is 0 Å². The summed E-state index contributed by atoms with van der Waals surface area (Å²) >= 11 is 2.01. The largest absolute Gasteiger partial charge is 0.123 e. The van der Waals surface area contributed by atoms with Gasteiger partial charge >= 0.3 is 0 Å². The van der Waals surface area contributed by atoms with E-state index in [-0.39, 0.29) is 4.75 Å². The van der Waals surface area contributed by atoms with Crippen LogP contribution in [0, 0.1) is 0 Å². The number of hydrogen-bond donors (Lipinski definition) is 0. The predicted octanol–water partition coefficient (Wildman–Crippen LogP) is 6.12. The van der Waals surface area contributed by atoms with E-state index in [1.165, 1.54) is 30.4 Å². The van der Waals surface area contributed by atoms with E-state index in [1.807, 2.05) is 11.8 Å². The summed E-state index contributed by atoms with van der Waals surface area (Å²) in [6.07, 6.45) is 6.01. The first-order valence-corrected chi connectivity index (χ1v) is 8.67. The van der Waals surface area contributed by atoms with Crippen molar-refractivity contribution in [1.29, 1.82) is 0 Å². The maximum atomic E-state index is 2.37. The van der Waals surface area contributed by atoms with Crippen LogP contribution < -0.4 is 0 Å². The molecule has 1 heteroatoms. The Morgan fingerprint density at radius 3 is 2.33 bits per heavy atom. The molecule has 0 unspecified atom stereocenters. The molecule has 2 aromatic carbocycles. The highest BCUT2D eigenvalue weighted by Gasteiger charge is 2.36. The molecule has 1 heterocycles. The second kappa shape index (κ2) is 6.53. The lowest BCUT2D eigenvalue weighted by Crippen LogP contribution is -2.26. The van der Waals surface area contributed by atoms with Gasteiger partial charge < -0.3 is 0 Å². The quantitative estimate of drug-likeness (QED) is 0.655. The molecular formula is C20H22S. The van der Waals surface area contributed by atoms with Crippen LogP contribution in [0.4, 0.5) is 0 Å². The molecule has 0 nitrogen and oxygen atoms in total. The van der Waals surface area contributed by atoms with Crippen molar-refractivity contribution in [1.82, 2.24) is 0 Å². The van der Waals surface area contributed by atoms with Gasteiger partial charge in [0.2, 0.25) is 0 Å². The van der Waals surface area contributed by atoms with Crippen molar-refractivity contribution in [3.63, 3.8) is 0 Å². The molecule has 1 aliphatic heterocycles. The zero-order valence-electron chi connectivity index (χ0n) is 12.5. The number of hydrogen-bond acceptors (Lipinski definition) is 1. The molecule has 2 aromatic rings. The summed E-state index contributed by atoms with van der Waals surface area (Å²) in [5.41, 5.74) is 2.91. The highest BCUT2D eigenvalue weighted by molar-refractivity contribution is 8.03. The number of allylic oxidation sites excluding steroid dienone is 1. The summed E-state index contributed by atoms with van der Waals surface area (Å²) in [5.74, 6) is 0.527. The Balaban J connectivity index is 1.94. The maximum Gasteiger partial charge on any atom is 0.0458 e. The van der Waals surface area contributed by atoms with E-state index in [0.29, 0.717) is 5.92 Å². The van der Waals surface area contributed by atoms with E-state index in [4.69, 9.17) is 0 Å². The molecule has 108 valence electrons. The third-order valence-electron chi connectivity index (χ3n) is 4.34. The molecule has 0 aromatic heterocycles. The predicted molar refractivity (Wildman–Crippen MR) is 93.6 cm³/mol. The highest BCUT2D eigenvalue weighted by atomic mass is 32.2. The number of benzene rings is 2. The van der Waals surface area contributed by atoms with Gasteiger partial charge in [0.05, 0.1) is 0 Å². The van der Waals surface area contributed by atoms with E-state index in [0.717, 1.165) is 0 Å². The molecule has 2 atom stereocenters. The van der Waals surface area contributed by atoms with Gasteiger partial charge in [0.1, 0.15) is 0 Å². The summed E-state index contributed by atoms with van der Waals surface area (Å²) in [6.45, 7) is 2.29. The van der Waals surface area contributed by atoms with Gasteiger partial charge in [-0.1, -0.05) is 80.1 Å². The van der Waals surface area contributed by atoms with E-state index >= 15 is 0 Å². The van der Waals surface area contributed by atoms with Gasteiger partial charge in [-0.25, -0.2) is 0 Å². The van der Waals surface area contributed by atoms with E-state index in [9.17, 15) is 0 Å². The molecule has 0 bridgehead atoms. The number of rotatable bonds is 4. The smallest absolute Gasteiger partial charge is 0.0458 e. The fourth-order valence-electron chi connectivity index (χ4n) is 3.30. The molecule has 21 heavy (non-hydrogen) atoms. The number of thioether (sulfide) groups is 1. The monoisotopic (exact) mass is 294 g/mol. The van der Waals surface area contributed by atoms with Crippen LogP contribution >= 0.6 is 11.8 Å². The van der Waals surface area contributed by atoms with Crippen LogP contribution in [0.15, 0.2) is 72.1 Å². The molecule has 0 radical (unpaired) electrons. The van der Waals surface area contributed by atoms with Crippen LogP contribution in [-0.4, -0.2) is 0 Å². The van der Waals surface area contributed by atoms with Gasteiger partial charge in [-0.2, -0.15) is 0 Å². The lowest BCUT2D eigenvalue weighted by atomic mass is 9.81. The summed E-state index contributed by atoms with van der Waals surface area (Å²) < 4.78 is 0.227. The zero-order chi connectivity index (χ0) is 14.5. The summed E-state index contributed by atoms with van der Waals surface area (Å²) in [5, 5.41) is 2.32. The lowest BCUT2D eigenvalue weighted by Gasteiger charge is -2.38. The Morgan fingerprint density at radius 2 is 1.67 bits per heavy atom. The Hall–Kier alpha value is -1.47. The average Bonchev–Trinajstić information content (AvgIpc) is 2.57. The van der Waals surface area contributed by atoms with Gasteiger partial charge in [0, 0.05) is 10.7 Å². The summed E-state index contributed by atoms with van der Waals surface area (Å²) in [4.78, 5) is 0. The molecule has 3 rings (SSSR count). The first kappa shape index (κ1) is 14.5.